The molecule has 4 rings (SSSR count). The third-order valence-electron chi connectivity index (χ3n) is 5.63. The Morgan fingerprint density at radius 1 is 1.28 bits per heavy atom. The molecular weight excluding hydrogens is 543 g/mol. The van der Waals surface area contributed by atoms with Crippen LogP contribution in [0.15, 0.2) is 35.3 Å². The van der Waals surface area contributed by atoms with Gasteiger partial charge in [-0.15, -0.1) is 0 Å². The molecule has 1 aromatic carbocycles. The second-order valence-electron chi connectivity index (χ2n) is 7.81. The lowest BCUT2D eigenvalue weighted by atomic mass is 10.1. The zero-order valence-corrected chi connectivity index (χ0v) is 20.8. The van der Waals surface area contributed by atoms with E-state index in [9.17, 15) is 9.59 Å². The SMILES string of the molecule is CNC(=O)Cc1cc2cc(Nc3nc(N4CCC(I)CC4)ncc3Cl)ccc2n(C)c1=O. The number of aromatic nitrogens is 3. The summed E-state index contributed by atoms with van der Waals surface area (Å²) in [4.78, 5) is 35.6. The monoisotopic (exact) mass is 566 g/mol. The summed E-state index contributed by atoms with van der Waals surface area (Å²) in [6.07, 6.45) is 3.87. The van der Waals surface area contributed by atoms with Gasteiger partial charge < -0.3 is 20.1 Å². The van der Waals surface area contributed by atoms with E-state index >= 15 is 0 Å². The van der Waals surface area contributed by atoms with Gasteiger partial charge in [0.2, 0.25) is 11.9 Å². The summed E-state index contributed by atoms with van der Waals surface area (Å²) in [5, 5.41) is 7.11. The predicted molar refractivity (Wildman–Crippen MR) is 137 cm³/mol. The number of fused-ring (bicyclic) bond motifs is 1. The first-order valence-electron chi connectivity index (χ1n) is 10.4. The molecule has 1 aliphatic rings. The molecule has 0 unspecified atom stereocenters. The van der Waals surface area contributed by atoms with Gasteiger partial charge in [0.1, 0.15) is 5.02 Å². The van der Waals surface area contributed by atoms with Crippen LogP contribution < -0.4 is 21.1 Å². The van der Waals surface area contributed by atoms with Gasteiger partial charge >= 0.3 is 0 Å². The number of nitrogens with zero attached hydrogens (tertiary/aromatic N) is 4. The van der Waals surface area contributed by atoms with E-state index in [1.165, 1.54) is 0 Å². The van der Waals surface area contributed by atoms with Crippen LogP contribution in [-0.2, 0) is 18.3 Å². The summed E-state index contributed by atoms with van der Waals surface area (Å²) in [7, 11) is 3.26. The molecule has 0 bridgehead atoms. The van der Waals surface area contributed by atoms with Crippen LogP contribution in [-0.4, -0.2) is 44.5 Å². The van der Waals surface area contributed by atoms with Crippen LogP contribution >= 0.6 is 34.2 Å². The lowest BCUT2D eigenvalue weighted by Crippen LogP contribution is -2.35. The van der Waals surface area contributed by atoms with E-state index in [1.54, 1.807) is 30.9 Å². The maximum atomic E-state index is 12.6. The Hall–Kier alpha value is -2.40. The number of nitrogens with one attached hydrogen (secondary N) is 2. The molecule has 10 heteroatoms. The number of carbonyl (C=O) groups is 1. The zero-order chi connectivity index (χ0) is 22.8. The lowest BCUT2D eigenvalue weighted by Gasteiger charge is -2.29. The molecule has 1 saturated heterocycles. The number of rotatable bonds is 5. The minimum absolute atomic E-state index is 0.0335. The van der Waals surface area contributed by atoms with Crippen LogP contribution in [0, 0.1) is 0 Å². The van der Waals surface area contributed by atoms with Gasteiger partial charge in [-0.3, -0.25) is 9.59 Å². The van der Waals surface area contributed by atoms with Crippen LogP contribution in [0.2, 0.25) is 5.02 Å². The molecular formula is C22H24ClIN6O2. The van der Waals surface area contributed by atoms with Gasteiger partial charge in [0, 0.05) is 47.7 Å². The van der Waals surface area contributed by atoms with Crippen molar-refractivity contribution >= 4 is 68.5 Å². The van der Waals surface area contributed by atoms with E-state index in [0.29, 0.717) is 26.3 Å². The van der Waals surface area contributed by atoms with Crippen LogP contribution in [0.4, 0.5) is 17.5 Å². The Morgan fingerprint density at radius 2 is 2.03 bits per heavy atom. The van der Waals surface area contributed by atoms with Crippen molar-refractivity contribution in [1.29, 1.82) is 0 Å². The van der Waals surface area contributed by atoms with Crippen LogP contribution in [0.25, 0.3) is 10.9 Å². The number of benzene rings is 1. The minimum Gasteiger partial charge on any atom is -0.359 e. The molecule has 8 nitrogen and oxygen atoms in total. The number of aryl methyl sites for hydroxylation is 1. The first-order chi connectivity index (χ1) is 15.4. The lowest BCUT2D eigenvalue weighted by molar-refractivity contribution is -0.119. The number of alkyl halides is 1. The summed E-state index contributed by atoms with van der Waals surface area (Å²) in [6.45, 7) is 1.85. The van der Waals surface area contributed by atoms with Crippen molar-refractivity contribution in [2.45, 2.75) is 23.2 Å². The predicted octanol–water partition coefficient (Wildman–Crippen LogP) is 3.42. The number of piperidine rings is 1. The molecule has 0 radical (unpaired) electrons. The van der Waals surface area contributed by atoms with Gasteiger partial charge in [-0.1, -0.05) is 34.2 Å². The topological polar surface area (TPSA) is 92.2 Å². The number of amides is 1. The van der Waals surface area contributed by atoms with E-state index in [4.69, 9.17) is 11.6 Å². The number of hydrogen-bond acceptors (Lipinski definition) is 6. The molecule has 0 saturated carbocycles. The fraction of sp³-hybridized carbons (Fsp3) is 0.364. The first kappa shape index (κ1) is 22.8. The quantitative estimate of drug-likeness (QED) is 0.363. The van der Waals surface area contributed by atoms with Crippen LogP contribution in [0.5, 0.6) is 0 Å². The molecule has 2 N–H and O–H groups in total. The highest BCUT2D eigenvalue weighted by Crippen LogP contribution is 2.28. The standard InChI is InChI=1S/C22H24ClIN6O2/c1-25-19(31)11-14-9-13-10-16(3-4-18(13)29(2)21(14)32)27-20-17(23)12-26-22(28-20)30-7-5-15(24)6-8-30/h3-4,9-10,12,15H,5-8,11H2,1-2H3,(H,25,31)(H,26,27,28). The smallest absolute Gasteiger partial charge is 0.254 e. The molecule has 32 heavy (non-hydrogen) atoms. The number of pyridine rings is 1. The maximum Gasteiger partial charge on any atom is 0.254 e. The summed E-state index contributed by atoms with van der Waals surface area (Å²) in [5.41, 5.74) is 1.81. The van der Waals surface area contributed by atoms with E-state index < -0.39 is 0 Å². The molecule has 3 heterocycles. The molecule has 1 fully saturated rings. The highest BCUT2D eigenvalue weighted by molar-refractivity contribution is 14.1. The summed E-state index contributed by atoms with van der Waals surface area (Å²) < 4.78 is 2.25. The Labute approximate surface area is 204 Å². The normalized spacial score (nSPS) is 14.6. The van der Waals surface area contributed by atoms with E-state index in [-0.39, 0.29) is 17.9 Å². The van der Waals surface area contributed by atoms with Crippen molar-refractivity contribution in [3.05, 3.63) is 51.4 Å². The van der Waals surface area contributed by atoms with Gasteiger partial charge in [0.25, 0.3) is 5.56 Å². The molecule has 3 aromatic rings. The number of likely N-dealkylation sites (N-methyl/N-ethyl adjacent to an activating group) is 1. The third kappa shape index (κ3) is 4.83. The minimum atomic E-state index is -0.206. The largest absolute Gasteiger partial charge is 0.359 e. The Balaban J connectivity index is 1.64. The zero-order valence-electron chi connectivity index (χ0n) is 17.9. The van der Waals surface area contributed by atoms with Crippen molar-refractivity contribution in [2.75, 3.05) is 30.4 Å². The Kier molecular flexibility index (Phi) is 6.85. The van der Waals surface area contributed by atoms with Gasteiger partial charge in [-0.2, -0.15) is 4.98 Å². The number of anilines is 3. The molecule has 1 aliphatic heterocycles. The molecule has 2 aromatic heterocycles. The highest BCUT2D eigenvalue weighted by Gasteiger charge is 2.20. The van der Waals surface area contributed by atoms with E-state index in [2.05, 4.69) is 48.1 Å². The van der Waals surface area contributed by atoms with Crippen molar-refractivity contribution in [3.63, 3.8) is 0 Å². The molecule has 168 valence electrons. The number of halogens is 2. The average Bonchev–Trinajstić information content (AvgIpc) is 2.79. The highest BCUT2D eigenvalue weighted by atomic mass is 127. The fourth-order valence-corrected chi connectivity index (χ4v) is 4.49. The Bertz CT molecular complexity index is 1220. The van der Waals surface area contributed by atoms with E-state index in [1.807, 2.05) is 18.2 Å². The van der Waals surface area contributed by atoms with Crippen molar-refractivity contribution < 1.29 is 4.79 Å². The van der Waals surface area contributed by atoms with Crippen molar-refractivity contribution in [1.82, 2.24) is 19.9 Å². The second-order valence-corrected chi connectivity index (χ2v) is 9.98. The molecule has 0 spiro atoms. The van der Waals surface area contributed by atoms with E-state index in [0.717, 1.165) is 42.5 Å². The third-order valence-corrected chi connectivity index (χ3v) is 7.15. The van der Waals surface area contributed by atoms with Gasteiger partial charge in [-0.25, -0.2) is 4.98 Å². The molecule has 0 aliphatic carbocycles. The maximum absolute atomic E-state index is 12.6. The molecule has 0 atom stereocenters. The Morgan fingerprint density at radius 3 is 2.75 bits per heavy atom. The van der Waals surface area contributed by atoms with Gasteiger partial charge in [-0.05, 0) is 37.1 Å². The summed E-state index contributed by atoms with van der Waals surface area (Å²) in [5.74, 6) is 0.988. The van der Waals surface area contributed by atoms with Gasteiger partial charge in [0.05, 0.1) is 18.1 Å². The number of hydrogen-bond donors (Lipinski definition) is 2. The summed E-state index contributed by atoms with van der Waals surface area (Å²) in [6, 6.07) is 7.42. The average molecular weight is 567 g/mol. The number of carbonyl (C=O) groups excluding carboxylic acids is 1. The van der Waals surface area contributed by atoms with Crippen molar-refractivity contribution in [2.24, 2.45) is 7.05 Å². The second kappa shape index (κ2) is 9.62. The van der Waals surface area contributed by atoms with Crippen molar-refractivity contribution in [3.8, 4) is 0 Å². The van der Waals surface area contributed by atoms with Crippen LogP contribution in [0.3, 0.4) is 0 Å². The summed E-state index contributed by atoms with van der Waals surface area (Å²) >= 11 is 8.86. The van der Waals surface area contributed by atoms with Crippen LogP contribution in [0.1, 0.15) is 18.4 Å². The van der Waals surface area contributed by atoms with Gasteiger partial charge in [0.15, 0.2) is 5.82 Å². The first-order valence-corrected chi connectivity index (χ1v) is 12.0. The molecule has 1 amide bonds. The fourth-order valence-electron chi connectivity index (χ4n) is 3.80.